The van der Waals surface area contributed by atoms with Gasteiger partial charge in [0.15, 0.2) is 5.60 Å². The number of nitrogens with zero attached hydrogens (tertiary/aromatic N) is 1. The van der Waals surface area contributed by atoms with Crippen molar-refractivity contribution in [3.05, 3.63) is 10.7 Å². The molecule has 1 aliphatic carbocycles. The van der Waals surface area contributed by atoms with Crippen molar-refractivity contribution >= 4 is 22.8 Å². The molecule has 17 heavy (non-hydrogen) atoms. The smallest absolute Gasteiger partial charge is 0.294 e. The van der Waals surface area contributed by atoms with Crippen molar-refractivity contribution in [3.63, 3.8) is 0 Å². The Hall–Kier alpha value is -1.10. The summed E-state index contributed by atoms with van der Waals surface area (Å²) in [7, 11) is 0. The summed E-state index contributed by atoms with van der Waals surface area (Å²) >= 11 is 1.62. The molecule has 0 radical (unpaired) electrons. The highest BCUT2D eigenvalue weighted by Gasteiger charge is 2.30. The number of carbonyl (C=O) groups is 1. The molecule has 1 fully saturated rings. The van der Waals surface area contributed by atoms with E-state index in [2.05, 4.69) is 10.3 Å². The number of hydrogen-bond donors (Lipinski definition) is 1. The SMILES string of the molecule is Cc1nc(C(C)(C)OC=O)c(NCC2CC2)s1. The molecule has 2 rings (SSSR count). The molecule has 0 aromatic carbocycles. The van der Waals surface area contributed by atoms with E-state index < -0.39 is 5.60 Å². The Bertz CT molecular complexity index is 411. The van der Waals surface area contributed by atoms with Crippen molar-refractivity contribution in [1.29, 1.82) is 0 Å². The third-order valence-corrected chi connectivity index (χ3v) is 3.82. The summed E-state index contributed by atoms with van der Waals surface area (Å²) in [6.07, 6.45) is 2.63. The molecule has 1 aromatic heterocycles. The maximum atomic E-state index is 10.5. The van der Waals surface area contributed by atoms with Gasteiger partial charge in [0.05, 0.1) is 5.01 Å². The number of aryl methyl sites for hydroxylation is 1. The summed E-state index contributed by atoms with van der Waals surface area (Å²) in [6.45, 7) is 7.16. The van der Waals surface area contributed by atoms with E-state index in [1.807, 2.05) is 20.8 Å². The molecule has 1 heterocycles. The van der Waals surface area contributed by atoms with Gasteiger partial charge in [-0.15, -0.1) is 11.3 Å². The van der Waals surface area contributed by atoms with E-state index in [0.717, 1.165) is 28.2 Å². The quantitative estimate of drug-likeness (QED) is 0.793. The lowest BCUT2D eigenvalue weighted by Gasteiger charge is -2.22. The average molecular weight is 254 g/mol. The number of nitrogens with one attached hydrogen (secondary N) is 1. The summed E-state index contributed by atoms with van der Waals surface area (Å²) in [5, 5.41) is 5.44. The molecule has 0 aliphatic heterocycles. The Morgan fingerprint density at radius 3 is 2.88 bits per heavy atom. The fraction of sp³-hybridized carbons (Fsp3) is 0.667. The highest BCUT2D eigenvalue weighted by atomic mass is 32.1. The first kappa shape index (κ1) is 12.4. The number of carbonyl (C=O) groups excluding carboxylic acids is 1. The van der Waals surface area contributed by atoms with Crippen LogP contribution in [0.25, 0.3) is 0 Å². The molecular formula is C12H18N2O2S. The summed E-state index contributed by atoms with van der Waals surface area (Å²) in [4.78, 5) is 15.0. The molecular weight excluding hydrogens is 236 g/mol. The lowest BCUT2D eigenvalue weighted by atomic mass is 10.1. The van der Waals surface area contributed by atoms with Crippen molar-refractivity contribution in [3.8, 4) is 0 Å². The third-order valence-electron chi connectivity index (χ3n) is 2.90. The maximum absolute atomic E-state index is 10.5. The van der Waals surface area contributed by atoms with Crippen LogP contribution in [0.15, 0.2) is 0 Å². The van der Waals surface area contributed by atoms with Crippen LogP contribution in [-0.4, -0.2) is 18.0 Å². The molecule has 0 atom stereocenters. The third kappa shape index (κ3) is 2.97. The van der Waals surface area contributed by atoms with E-state index in [4.69, 9.17) is 4.74 Å². The van der Waals surface area contributed by atoms with Gasteiger partial charge >= 0.3 is 0 Å². The first-order valence-electron chi connectivity index (χ1n) is 5.86. The zero-order chi connectivity index (χ0) is 12.5. The predicted octanol–water partition coefficient (Wildman–Crippen LogP) is 2.68. The maximum Gasteiger partial charge on any atom is 0.294 e. The van der Waals surface area contributed by atoms with E-state index >= 15 is 0 Å². The van der Waals surface area contributed by atoms with Gasteiger partial charge in [-0.25, -0.2) is 4.98 Å². The van der Waals surface area contributed by atoms with E-state index in [-0.39, 0.29) is 0 Å². The molecule has 0 bridgehead atoms. The number of hydrogen-bond acceptors (Lipinski definition) is 5. The van der Waals surface area contributed by atoms with Crippen LogP contribution in [0.1, 0.15) is 37.4 Å². The van der Waals surface area contributed by atoms with E-state index in [9.17, 15) is 4.79 Å². The minimum atomic E-state index is -0.668. The van der Waals surface area contributed by atoms with Gasteiger partial charge in [-0.1, -0.05) is 0 Å². The minimum Gasteiger partial charge on any atom is -0.455 e. The van der Waals surface area contributed by atoms with Crippen molar-refractivity contribution in [2.45, 2.75) is 39.2 Å². The minimum absolute atomic E-state index is 0.485. The normalized spacial score (nSPS) is 15.7. The second-order valence-corrected chi connectivity index (χ2v) is 6.16. The number of rotatable bonds is 6. The lowest BCUT2D eigenvalue weighted by Crippen LogP contribution is -2.23. The van der Waals surface area contributed by atoms with Gasteiger partial charge in [0.25, 0.3) is 6.47 Å². The fourth-order valence-electron chi connectivity index (χ4n) is 1.69. The molecule has 0 unspecified atom stereocenters. The van der Waals surface area contributed by atoms with Crippen LogP contribution in [0.3, 0.4) is 0 Å². The van der Waals surface area contributed by atoms with Crippen LogP contribution in [0, 0.1) is 12.8 Å². The largest absolute Gasteiger partial charge is 0.455 e. The average Bonchev–Trinajstić information content (AvgIpc) is 2.98. The summed E-state index contributed by atoms with van der Waals surface area (Å²) < 4.78 is 5.12. The van der Waals surface area contributed by atoms with Crippen LogP contribution in [-0.2, 0) is 15.1 Å². The van der Waals surface area contributed by atoms with Crippen LogP contribution in [0.2, 0.25) is 0 Å². The molecule has 0 saturated heterocycles. The Balaban J connectivity index is 2.15. The number of ether oxygens (including phenoxy) is 1. The summed E-state index contributed by atoms with van der Waals surface area (Å²) in [5.41, 5.74) is 0.158. The first-order valence-corrected chi connectivity index (χ1v) is 6.68. The fourth-order valence-corrected chi connectivity index (χ4v) is 2.67. The van der Waals surface area contributed by atoms with E-state index in [1.165, 1.54) is 12.8 Å². The van der Waals surface area contributed by atoms with Gasteiger partial charge in [-0.2, -0.15) is 0 Å². The van der Waals surface area contributed by atoms with Gasteiger partial charge in [0.1, 0.15) is 10.7 Å². The summed E-state index contributed by atoms with van der Waals surface area (Å²) in [5.74, 6) is 0.806. The summed E-state index contributed by atoms with van der Waals surface area (Å²) in [6, 6.07) is 0. The molecule has 4 nitrogen and oxygen atoms in total. The second kappa shape index (κ2) is 4.64. The predicted molar refractivity (Wildman–Crippen MR) is 68.2 cm³/mol. The Morgan fingerprint density at radius 1 is 1.59 bits per heavy atom. The van der Waals surface area contributed by atoms with Crippen LogP contribution in [0.4, 0.5) is 5.00 Å². The first-order chi connectivity index (χ1) is 8.03. The van der Waals surface area contributed by atoms with Gasteiger partial charge < -0.3 is 10.1 Å². The van der Waals surface area contributed by atoms with Gasteiger partial charge in [-0.05, 0) is 39.5 Å². The van der Waals surface area contributed by atoms with Gasteiger partial charge in [0.2, 0.25) is 0 Å². The Morgan fingerprint density at radius 2 is 2.29 bits per heavy atom. The van der Waals surface area contributed by atoms with Crippen molar-refractivity contribution in [2.24, 2.45) is 5.92 Å². The Kier molecular flexibility index (Phi) is 3.38. The molecule has 1 saturated carbocycles. The topological polar surface area (TPSA) is 51.2 Å². The van der Waals surface area contributed by atoms with Gasteiger partial charge in [0, 0.05) is 6.54 Å². The molecule has 0 amide bonds. The zero-order valence-electron chi connectivity index (χ0n) is 10.4. The molecule has 1 aromatic rings. The number of aromatic nitrogens is 1. The van der Waals surface area contributed by atoms with E-state index in [1.54, 1.807) is 11.3 Å². The molecule has 1 aliphatic rings. The molecule has 5 heteroatoms. The van der Waals surface area contributed by atoms with E-state index in [0.29, 0.717) is 6.47 Å². The second-order valence-electron chi connectivity index (χ2n) is 4.96. The molecule has 1 N–H and O–H groups in total. The standard InChI is InChI=1S/C12H18N2O2S/c1-8-14-10(12(2,3)16-7-15)11(17-8)13-6-9-4-5-9/h7,9,13H,4-6H2,1-3H3. The highest BCUT2D eigenvalue weighted by Crippen LogP contribution is 2.36. The monoisotopic (exact) mass is 254 g/mol. The molecule has 94 valence electrons. The Labute approximate surface area is 105 Å². The van der Waals surface area contributed by atoms with Crippen LogP contribution in [0.5, 0.6) is 0 Å². The van der Waals surface area contributed by atoms with Crippen LogP contribution < -0.4 is 5.32 Å². The van der Waals surface area contributed by atoms with Crippen molar-refractivity contribution < 1.29 is 9.53 Å². The lowest BCUT2D eigenvalue weighted by molar-refractivity contribution is -0.141. The highest BCUT2D eigenvalue weighted by molar-refractivity contribution is 7.15. The van der Waals surface area contributed by atoms with Crippen molar-refractivity contribution in [1.82, 2.24) is 4.98 Å². The zero-order valence-corrected chi connectivity index (χ0v) is 11.3. The number of thiazole rings is 1. The van der Waals surface area contributed by atoms with Crippen LogP contribution >= 0.6 is 11.3 Å². The molecule has 0 spiro atoms. The number of anilines is 1. The van der Waals surface area contributed by atoms with Crippen molar-refractivity contribution in [2.75, 3.05) is 11.9 Å². The van der Waals surface area contributed by atoms with Gasteiger partial charge in [-0.3, -0.25) is 4.79 Å².